The molecule has 4 heteroatoms. The van der Waals surface area contributed by atoms with Crippen LogP contribution in [0, 0.1) is 0 Å². The fraction of sp³-hybridized carbons (Fsp3) is 0.143. The van der Waals surface area contributed by atoms with Crippen LogP contribution in [0.5, 0.6) is 0 Å². The highest BCUT2D eigenvalue weighted by Gasteiger charge is 2.11. The lowest BCUT2D eigenvalue weighted by atomic mass is 10.1. The van der Waals surface area contributed by atoms with Crippen molar-refractivity contribution in [2.45, 2.75) is 6.04 Å². The zero-order chi connectivity index (χ0) is 13.0. The van der Waals surface area contributed by atoms with E-state index in [4.69, 9.17) is 23.2 Å². The van der Waals surface area contributed by atoms with E-state index in [9.17, 15) is 5.11 Å². The van der Waals surface area contributed by atoms with Gasteiger partial charge < -0.3 is 10.4 Å². The molecular weight excluding hydrogens is 269 g/mol. The van der Waals surface area contributed by atoms with E-state index in [-0.39, 0.29) is 12.6 Å². The van der Waals surface area contributed by atoms with Crippen LogP contribution in [0.1, 0.15) is 11.6 Å². The summed E-state index contributed by atoms with van der Waals surface area (Å²) in [6, 6.07) is 14.8. The fourth-order valence-electron chi connectivity index (χ4n) is 1.71. The van der Waals surface area contributed by atoms with Gasteiger partial charge in [0.25, 0.3) is 0 Å². The summed E-state index contributed by atoms with van der Waals surface area (Å²) in [4.78, 5) is 0. The van der Waals surface area contributed by atoms with Crippen molar-refractivity contribution in [2.24, 2.45) is 0 Å². The maximum atomic E-state index is 9.45. The molecule has 94 valence electrons. The van der Waals surface area contributed by atoms with Gasteiger partial charge in [0.2, 0.25) is 0 Å². The maximum Gasteiger partial charge on any atom is 0.0745 e. The number of halogens is 2. The zero-order valence-corrected chi connectivity index (χ0v) is 11.1. The quantitative estimate of drug-likeness (QED) is 0.883. The first kappa shape index (κ1) is 13.2. The SMILES string of the molecule is OCC(Nc1ccc(Cl)cc1Cl)c1ccccc1. The number of aliphatic hydroxyl groups is 1. The van der Waals surface area contributed by atoms with E-state index >= 15 is 0 Å². The Morgan fingerprint density at radius 3 is 2.39 bits per heavy atom. The average Bonchev–Trinajstić information content (AvgIpc) is 2.39. The Hall–Kier alpha value is -1.22. The Morgan fingerprint density at radius 2 is 1.78 bits per heavy atom. The average molecular weight is 282 g/mol. The van der Waals surface area contributed by atoms with E-state index in [2.05, 4.69) is 5.32 Å². The monoisotopic (exact) mass is 281 g/mol. The number of hydrogen-bond donors (Lipinski definition) is 2. The lowest BCUT2D eigenvalue weighted by Crippen LogP contribution is -2.14. The standard InChI is InChI=1S/C14H13Cl2NO/c15-11-6-7-13(12(16)8-11)17-14(9-18)10-4-2-1-3-5-10/h1-8,14,17-18H,9H2. The molecule has 0 aliphatic rings. The number of nitrogens with one attached hydrogen (secondary N) is 1. The van der Waals surface area contributed by atoms with Crippen LogP contribution in [0.4, 0.5) is 5.69 Å². The number of aliphatic hydroxyl groups excluding tert-OH is 1. The predicted molar refractivity (Wildman–Crippen MR) is 76.4 cm³/mol. The molecule has 0 saturated carbocycles. The molecule has 2 aromatic carbocycles. The van der Waals surface area contributed by atoms with Gasteiger partial charge in [-0.3, -0.25) is 0 Å². The highest BCUT2D eigenvalue weighted by molar-refractivity contribution is 6.36. The van der Waals surface area contributed by atoms with Crippen LogP contribution in [0.2, 0.25) is 10.0 Å². The van der Waals surface area contributed by atoms with Gasteiger partial charge in [0.15, 0.2) is 0 Å². The molecule has 0 amide bonds. The van der Waals surface area contributed by atoms with E-state index in [1.165, 1.54) is 0 Å². The molecule has 0 aliphatic carbocycles. The summed E-state index contributed by atoms with van der Waals surface area (Å²) in [5.41, 5.74) is 1.76. The van der Waals surface area contributed by atoms with Crippen LogP contribution < -0.4 is 5.32 Å². The first-order chi connectivity index (χ1) is 8.70. The largest absolute Gasteiger partial charge is 0.394 e. The van der Waals surface area contributed by atoms with E-state index in [1.807, 2.05) is 30.3 Å². The molecule has 0 fully saturated rings. The van der Waals surface area contributed by atoms with Crippen LogP contribution >= 0.6 is 23.2 Å². The number of anilines is 1. The number of rotatable bonds is 4. The van der Waals surface area contributed by atoms with Gasteiger partial charge in [0.05, 0.1) is 23.4 Å². The summed E-state index contributed by atoms with van der Waals surface area (Å²) < 4.78 is 0. The summed E-state index contributed by atoms with van der Waals surface area (Å²) in [6.07, 6.45) is 0. The molecule has 0 aliphatic heterocycles. The van der Waals surface area contributed by atoms with Gasteiger partial charge in [-0.2, -0.15) is 0 Å². The van der Waals surface area contributed by atoms with E-state index < -0.39 is 0 Å². The molecule has 2 aromatic rings. The van der Waals surface area contributed by atoms with Gasteiger partial charge in [0, 0.05) is 5.02 Å². The second kappa shape index (κ2) is 6.10. The Kier molecular flexibility index (Phi) is 4.48. The number of hydrogen-bond acceptors (Lipinski definition) is 2. The summed E-state index contributed by atoms with van der Waals surface area (Å²) in [5.74, 6) is 0. The molecule has 0 aromatic heterocycles. The normalized spacial score (nSPS) is 12.2. The highest BCUT2D eigenvalue weighted by atomic mass is 35.5. The second-order valence-corrected chi connectivity index (χ2v) is 4.76. The maximum absolute atomic E-state index is 9.45. The van der Waals surface area contributed by atoms with Gasteiger partial charge in [0.1, 0.15) is 0 Å². The molecule has 0 bridgehead atoms. The van der Waals surface area contributed by atoms with E-state index in [0.717, 1.165) is 11.3 Å². The topological polar surface area (TPSA) is 32.3 Å². The number of benzene rings is 2. The van der Waals surface area contributed by atoms with Crippen molar-refractivity contribution in [1.82, 2.24) is 0 Å². The molecule has 2 rings (SSSR count). The van der Waals surface area contributed by atoms with Crippen LogP contribution in [-0.4, -0.2) is 11.7 Å². The smallest absolute Gasteiger partial charge is 0.0745 e. The second-order valence-electron chi connectivity index (χ2n) is 3.91. The van der Waals surface area contributed by atoms with Crippen molar-refractivity contribution in [3.05, 3.63) is 64.1 Å². The summed E-state index contributed by atoms with van der Waals surface area (Å²) in [5, 5.41) is 13.8. The Morgan fingerprint density at radius 1 is 1.06 bits per heavy atom. The third kappa shape index (κ3) is 3.16. The lowest BCUT2D eigenvalue weighted by molar-refractivity contribution is 0.276. The molecule has 0 heterocycles. The van der Waals surface area contributed by atoms with Crippen LogP contribution in [-0.2, 0) is 0 Å². The fourth-order valence-corrected chi connectivity index (χ4v) is 2.18. The van der Waals surface area contributed by atoms with Crippen molar-refractivity contribution >= 4 is 28.9 Å². The molecule has 0 spiro atoms. The Bertz CT molecular complexity index is 516. The summed E-state index contributed by atoms with van der Waals surface area (Å²) in [6.45, 7) is -0.0109. The van der Waals surface area contributed by atoms with Crippen molar-refractivity contribution < 1.29 is 5.11 Å². The van der Waals surface area contributed by atoms with Crippen LogP contribution in [0.3, 0.4) is 0 Å². The first-order valence-electron chi connectivity index (χ1n) is 5.58. The molecule has 2 nitrogen and oxygen atoms in total. The van der Waals surface area contributed by atoms with Crippen molar-refractivity contribution in [1.29, 1.82) is 0 Å². The van der Waals surface area contributed by atoms with Crippen LogP contribution in [0.15, 0.2) is 48.5 Å². The van der Waals surface area contributed by atoms with E-state index in [0.29, 0.717) is 10.0 Å². The molecule has 2 N–H and O–H groups in total. The van der Waals surface area contributed by atoms with Gasteiger partial charge >= 0.3 is 0 Å². The minimum Gasteiger partial charge on any atom is -0.394 e. The Balaban J connectivity index is 2.21. The zero-order valence-electron chi connectivity index (χ0n) is 9.61. The predicted octanol–water partition coefficient (Wildman–Crippen LogP) is 4.14. The molecule has 0 radical (unpaired) electrons. The Labute approximate surface area is 116 Å². The highest BCUT2D eigenvalue weighted by Crippen LogP contribution is 2.28. The summed E-state index contributed by atoms with van der Waals surface area (Å²) in [7, 11) is 0. The van der Waals surface area contributed by atoms with Gasteiger partial charge in [-0.1, -0.05) is 53.5 Å². The van der Waals surface area contributed by atoms with Crippen molar-refractivity contribution in [3.63, 3.8) is 0 Å². The van der Waals surface area contributed by atoms with Crippen LogP contribution in [0.25, 0.3) is 0 Å². The first-order valence-corrected chi connectivity index (χ1v) is 6.33. The molecule has 0 saturated heterocycles. The van der Waals surface area contributed by atoms with Crippen molar-refractivity contribution in [3.8, 4) is 0 Å². The van der Waals surface area contributed by atoms with Gasteiger partial charge in [-0.15, -0.1) is 0 Å². The molecule has 18 heavy (non-hydrogen) atoms. The lowest BCUT2D eigenvalue weighted by Gasteiger charge is -2.19. The minimum absolute atomic E-state index is 0.0109. The third-order valence-electron chi connectivity index (χ3n) is 2.65. The van der Waals surface area contributed by atoms with E-state index in [1.54, 1.807) is 18.2 Å². The third-order valence-corrected chi connectivity index (χ3v) is 3.19. The summed E-state index contributed by atoms with van der Waals surface area (Å²) >= 11 is 11.9. The molecule has 1 atom stereocenters. The molecular formula is C14H13Cl2NO. The minimum atomic E-state index is -0.190. The van der Waals surface area contributed by atoms with Gasteiger partial charge in [-0.25, -0.2) is 0 Å². The molecule has 1 unspecified atom stereocenters. The van der Waals surface area contributed by atoms with Gasteiger partial charge in [-0.05, 0) is 23.8 Å². The van der Waals surface area contributed by atoms with Crippen molar-refractivity contribution in [2.75, 3.05) is 11.9 Å².